The van der Waals surface area contributed by atoms with Crippen molar-refractivity contribution >= 4 is 21.8 Å². The molecule has 0 aromatic heterocycles. The monoisotopic (exact) mass is 468 g/mol. The summed E-state index contributed by atoms with van der Waals surface area (Å²) < 4.78 is 45.0. The molecule has 1 heterocycles. The van der Waals surface area contributed by atoms with Gasteiger partial charge in [0.2, 0.25) is 5.91 Å². The molecule has 0 bridgehead atoms. The number of nitrogens with zero attached hydrogens (tertiary/aromatic N) is 1. The minimum atomic E-state index is -3.28. The fourth-order valence-electron chi connectivity index (χ4n) is 4.35. The summed E-state index contributed by atoms with van der Waals surface area (Å²) >= 11 is 0. The van der Waals surface area contributed by atoms with Crippen molar-refractivity contribution < 1.29 is 27.1 Å². The highest BCUT2D eigenvalue weighted by molar-refractivity contribution is 7.91. The van der Waals surface area contributed by atoms with Crippen LogP contribution in [0.1, 0.15) is 63.4 Å². The number of sulfone groups is 1. The van der Waals surface area contributed by atoms with Crippen LogP contribution in [0, 0.1) is 11.7 Å². The summed E-state index contributed by atoms with van der Waals surface area (Å²) in [6, 6.07) is 4.22. The van der Waals surface area contributed by atoms with Crippen molar-refractivity contribution in [2.45, 2.75) is 57.8 Å². The maximum Gasteiger partial charge on any atom is 0.324 e. The summed E-state index contributed by atoms with van der Waals surface area (Å²) in [5.74, 6) is -0.277. The number of imide groups is 1. The zero-order valence-electron chi connectivity index (χ0n) is 18.6. The third-order valence-electron chi connectivity index (χ3n) is 6.23. The normalized spacial score (nSPS) is 18.2. The van der Waals surface area contributed by atoms with E-state index in [4.69, 9.17) is 4.74 Å². The average molecular weight is 469 g/mol. The highest BCUT2D eigenvalue weighted by Crippen LogP contribution is 2.29. The molecule has 1 saturated heterocycles. The largest absolute Gasteiger partial charge is 0.490 e. The maximum atomic E-state index is 14.2. The van der Waals surface area contributed by atoms with Crippen LogP contribution in [0.3, 0.4) is 0 Å². The molecule has 1 saturated carbocycles. The molecule has 1 aromatic carbocycles. The van der Waals surface area contributed by atoms with Crippen LogP contribution in [-0.2, 0) is 14.6 Å². The van der Waals surface area contributed by atoms with E-state index in [-0.39, 0.29) is 41.7 Å². The van der Waals surface area contributed by atoms with Crippen molar-refractivity contribution in [1.82, 2.24) is 10.2 Å². The summed E-state index contributed by atoms with van der Waals surface area (Å²) in [6.45, 7) is 2.83. The van der Waals surface area contributed by atoms with Gasteiger partial charge in [-0.1, -0.05) is 32.3 Å². The zero-order chi connectivity index (χ0) is 23.1. The zero-order valence-corrected chi connectivity index (χ0v) is 19.5. The molecule has 7 nitrogen and oxygen atoms in total. The molecule has 9 heteroatoms. The van der Waals surface area contributed by atoms with Gasteiger partial charge in [-0.15, -0.1) is 0 Å². The predicted octanol–water partition coefficient (Wildman–Crippen LogP) is 3.64. The van der Waals surface area contributed by atoms with E-state index in [1.54, 1.807) is 12.1 Å². The standard InChI is InChI=1S/C23H33FN2O5S/c1-17(19-9-10-20(24)21(13-19)31-15-18-7-3-4-8-18)16-32(29,30)12-6-2-5-11-26-14-22(27)25-23(26)28/h9-10,13,17-18H,2-8,11-12,14-16H2,1H3,(H,25,27,28)/t17-/m0/s1. The van der Waals surface area contributed by atoms with Gasteiger partial charge in [-0.25, -0.2) is 17.6 Å². The first-order valence-corrected chi connectivity index (χ1v) is 13.3. The minimum absolute atomic E-state index is 0.0102. The quantitative estimate of drug-likeness (QED) is 0.374. The molecule has 3 amide bonds. The lowest BCUT2D eigenvalue weighted by atomic mass is 10.0. The van der Waals surface area contributed by atoms with E-state index in [9.17, 15) is 22.4 Å². The number of benzene rings is 1. The molecular weight excluding hydrogens is 435 g/mol. The number of unbranched alkanes of at least 4 members (excludes halogenated alkanes) is 2. The smallest absolute Gasteiger partial charge is 0.324 e. The second kappa shape index (κ2) is 11.1. The van der Waals surface area contributed by atoms with Gasteiger partial charge in [0.25, 0.3) is 0 Å². The topological polar surface area (TPSA) is 92.8 Å². The van der Waals surface area contributed by atoms with Gasteiger partial charge in [0.15, 0.2) is 21.4 Å². The van der Waals surface area contributed by atoms with Gasteiger partial charge in [-0.3, -0.25) is 10.1 Å². The van der Waals surface area contributed by atoms with Gasteiger partial charge in [0.05, 0.1) is 18.1 Å². The van der Waals surface area contributed by atoms with Crippen LogP contribution >= 0.6 is 0 Å². The molecule has 0 spiro atoms. The minimum Gasteiger partial charge on any atom is -0.490 e. The lowest BCUT2D eigenvalue weighted by molar-refractivity contribution is -0.118. The van der Waals surface area contributed by atoms with E-state index < -0.39 is 15.7 Å². The number of amides is 3. The lowest BCUT2D eigenvalue weighted by Gasteiger charge is -2.16. The van der Waals surface area contributed by atoms with Gasteiger partial charge in [-0.05, 0) is 55.2 Å². The Kier molecular flexibility index (Phi) is 8.51. The summed E-state index contributed by atoms with van der Waals surface area (Å²) in [4.78, 5) is 24.1. The second-order valence-electron chi connectivity index (χ2n) is 9.00. The third-order valence-corrected chi connectivity index (χ3v) is 8.15. The van der Waals surface area contributed by atoms with E-state index in [1.165, 1.54) is 23.8 Å². The van der Waals surface area contributed by atoms with E-state index in [0.717, 1.165) is 18.4 Å². The number of hydrogen-bond donors (Lipinski definition) is 1. The number of carbonyl (C=O) groups is 2. The summed E-state index contributed by atoms with van der Waals surface area (Å²) in [6.07, 6.45) is 6.40. The molecule has 0 radical (unpaired) electrons. The van der Waals surface area contributed by atoms with Crippen molar-refractivity contribution in [3.63, 3.8) is 0 Å². The Morgan fingerprint density at radius 2 is 1.94 bits per heavy atom. The lowest BCUT2D eigenvalue weighted by Crippen LogP contribution is -2.29. The fourth-order valence-corrected chi connectivity index (χ4v) is 6.11. The van der Waals surface area contributed by atoms with Crippen LogP contribution < -0.4 is 10.1 Å². The van der Waals surface area contributed by atoms with Crippen molar-refractivity contribution in [2.24, 2.45) is 5.92 Å². The van der Waals surface area contributed by atoms with Crippen molar-refractivity contribution in [1.29, 1.82) is 0 Å². The molecule has 1 aliphatic carbocycles. The SMILES string of the molecule is C[C@@H](CS(=O)(=O)CCCCCN1CC(=O)NC1=O)c1ccc(F)c(OCC2CCCC2)c1. The first kappa shape index (κ1) is 24.5. The van der Waals surface area contributed by atoms with E-state index in [2.05, 4.69) is 5.32 Å². The fraction of sp³-hybridized carbons (Fsp3) is 0.652. The Morgan fingerprint density at radius 1 is 1.19 bits per heavy atom. The Bertz CT molecular complexity index is 915. The molecule has 1 aliphatic heterocycles. The Labute approximate surface area is 189 Å². The van der Waals surface area contributed by atoms with Crippen LogP contribution in [0.4, 0.5) is 9.18 Å². The van der Waals surface area contributed by atoms with Gasteiger partial charge in [0, 0.05) is 6.54 Å². The van der Waals surface area contributed by atoms with Crippen LogP contribution in [0.2, 0.25) is 0 Å². The molecular formula is C23H33FN2O5S. The van der Waals surface area contributed by atoms with Gasteiger partial charge in [0.1, 0.15) is 6.54 Å². The Morgan fingerprint density at radius 3 is 2.62 bits per heavy atom. The van der Waals surface area contributed by atoms with Gasteiger partial charge < -0.3 is 9.64 Å². The number of halogens is 1. The Balaban J connectivity index is 1.43. The summed E-state index contributed by atoms with van der Waals surface area (Å²) in [5, 5.41) is 2.22. The first-order chi connectivity index (χ1) is 15.2. The van der Waals surface area contributed by atoms with Crippen LogP contribution in [0.15, 0.2) is 18.2 Å². The highest BCUT2D eigenvalue weighted by atomic mass is 32.2. The highest BCUT2D eigenvalue weighted by Gasteiger charge is 2.26. The predicted molar refractivity (Wildman–Crippen MR) is 120 cm³/mol. The third kappa shape index (κ3) is 7.18. The molecule has 1 N–H and O–H groups in total. The molecule has 178 valence electrons. The Hall–Kier alpha value is -2.16. The summed E-state index contributed by atoms with van der Waals surface area (Å²) in [5.41, 5.74) is 0.751. The van der Waals surface area contributed by atoms with Crippen molar-refractivity contribution in [3.8, 4) is 5.75 Å². The number of urea groups is 1. The van der Waals surface area contributed by atoms with E-state index >= 15 is 0 Å². The van der Waals surface area contributed by atoms with Crippen LogP contribution in [0.5, 0.6) is 5.75 Å². The number of carbonyl (C=O) groups excluding carboxylic acids is 2. The molecule has 0 unspecified atom stereocenters. The van der Waals surface area contributed by atoms with E-state index in [0.29, 0.717) is 38.3 Å². The molecule has 1 atom stereocenters. The average Bonchev–Trinajstić information content (AvgIpc) is 3.35. The van der Waals surface area contributed by atoms with Crippen molar-refractivity contribution in [3.05, 3.63) is 29.6 Å². The number of ether oxygens (including phenoxy) is 1. The number of nitrogens with one attached hydrogen (secondary N) is 1. The van der Waals surface area contributed by atoms with Gasteiger partial charge in [-0.2, -0.15) is 0 Å². The van der Waals surface area contributed by atoms with Crippen molar-refractivity contribution in [2.75, 3.05) is 31.2 Å². The van der Waals surface area contributed by atoms with Crippen LogP contribution in [0.25, 0.3) is 0 Å². The number of hydrogen-bond acceptors (Lipinski definition) is 5. The first-order valence-electron chi connectivity index (χ1n) is 11.4. The molecule has 32 heavy (non-hydrogen) atoms. The molecule has 3 rings (SSSR count). The molecule has 1 aromatic rings. The molecule has 2 fully saturated rings. The van der Waals surface area contributed by atoms with Gasteiger partial charge >= 0.3 is 6.03 Å². The molecule has 2 aliphatic rings. The maximum absolute atomic E-state index is 14.2. The van der Waals surface area contributed by atoms with E-state index in [1.807, 2.05) is 6.92 Å². The second-order valence-corrected chi connectivity index (χ2v) is 11.2. The summed E-state index contributed by atoms with van der Waals surface area (Å²) in [7, 11) is -3.28. The van der Waals surface area contributed by atoms with Crippen LogP contribution in [-0.4, -0.2) is 56.5 Å². The number of rotatable bonds is 12.